The lowest BCUT2D eigenvalue weighted by Gasteiger charge is -2.06. The van der Waals surface area contributed by atoms with Crippen LogP contribution < -0.4 is 5.32 Å². The van der Waals surface area contributed by atoms with E-state index in [-0.39, 0.29) is 6.54 Å². The molecule has 0 unspecified atom stereocenters. The van der Waals surface area contributed by atoms with E-state index in [1.165, 1.54) is 0 Å². The number of pyridine rings is 1. The molecule has 0 spiro atoms. The number of rotatable bonds is 4. The molecule has 0 amide bonds. The molecule has 5 nitrogen and oxygen atoms in total. The lowest BCUT2D eigenvalue weighted by Crippen LogP contribution is -2.14. The Bertz CT molecular complexity index is 750. The summed E-state index contributed by atoms with van der Waals surface area (Å²) < 4.78 is 1.85. The lowest BCUT2D eigenvalue weighted by molar-refractivity contribution is -0.134. The van der Waals surface area contributed by atoms with Crippen LogP contribution in [0.3, 0.4) is 0 Å². The summed E-state index contributed by atoms with van der Waals surface area (Å²) >= 11 is 0. The summed E-state index contributed by atoms with van der Waals surface area (Å²) in [7, 11) is 0. The van der Waals surface area contributed by atoms with E-state index in [0.717, 1.165) is 16.9 Å². The van der Waals surface area contributed by atoms with Crippen LogP contribution in [0, 0.1) is 0 Å². The number of carboxylic acid groups (broad SMARTS) is 1. The molecule has 0 aliphatic heterocycles. The normalized spacial score (nSPS) is 10.6. The van der Waals surface area contributed by atoms with Gasteiger partial charge in [-0.1, -0.05) is 36.4 Å². The molecule has 100 valence electrons. The minimum atomic E-state index is -0.908. The van der Waals surface area contributed by atoms with Gasteiger partial charge in [0.05, 0.1) is 0 Å². The fraction of sp³-hybridized carbons (Fsp3) is 0.0667. The van der Waals surface area contributed by atoms with Crippen molar-refractivity contribution in [1.29, 1.82) is 0 Å². The molecule has 2 heterocycles. The average molecular weight is 267 g/mol. The van der Waals surface area contributed by atoms with Crippen LogP contribution in [0.2, 0.25) is 0 Å². The van der Waals surface area contributed by atoms with E-state index >= 15 is 0 Å². The zero-order chi connectivity index (χ0) is 13.9. The molecule has 0 fully saturated rings. The number of anilines is 1. The fourth-order valence-corrected chi connectivity index (χ4v) is 2.12. The molecule has 0 aliphatic rings. The van der Waals surface area contributed by atoms with Gasteiger partial charge in [0.25, 0.3) is 0 Å². The minimum Gasteiger partial charge on any atom is -0.480 e. The lowest BCUT2D eigenvalue weighted by atomic mass is 10.1. The number of aliphatic carboxylic acids is 1. The summed E-state index contributed by atoms with van der Waals surface area (Å²) in [5.74, 6) is -0.218. The third kappa shape index (κ3) is 2.21. The maximum absolute atomic E-state index is 10.8. The van der Waals surface area contributed by atoms with Crippen molar-refractivity contribution in [3.63, 3.8) is 0 Å². The maximum Gasteiger partial charge on any atom is 0.322 e. The van der Waals surface area contributed by atoms with Crippen LogP contribution in [0.1, 0.15) is 0 Å². The molecule has 20 heavy (non-hydrogen) atoms. The van der Waals surface area contributed by atoms with Crippen LogP contribution in [-0.2, 0) is 4.79 Å². The molecule has 2 N–H and O–H groups in total. The van der Waals surface area contributed by atoms with Crippen LogP contribution in [-0.4, -0.2) is 27.0 Å². The first kappa shape index (κ1) is 12.2. The van der Waals surface area contributed by atoms with Gasteiger partial charge in [0.2, 0.25) is 0 Å². The fourth-order valence-electron chi connectivity index (χ4n) is 2.12. The number of carbonyl (C=O) groups is 1. The van der Waals surface area contributed by atoms with Crippen molar-refractivity contribution in [1.82, 2.24) is 9.38 Å². The van der Waals surface area contributed by atoms with Gasteiger partial charge in [-0.15, -0.1) is 0 Å². The summed E-state index contributed by atoms with van der Waals surface area (Å²) in [5.41, 5.74) is 2.47. The van der Waals surface area contributed by atoms with Crippen LogP contribution in [0.5, 0.6) is 0 Å². The topological polar surface area (TPSA) is 66.6 Å². The Morgan fingerprint density at radius 3 is 2.65 bits per heavy atom. The van der Waals surface area contributed by atoms with Crippen molar-refractivity contribution in [3.05, 3.63) is 54.7 Å². The third-order valence-corrected chi connectivity index (χ3v) is 2.98. The number of carboxylic acids is 1. The number of fused-ring (bicyclic) bond motifs is 1. The van der Waals surface area contributed by atoms with Crippen LogP contribution in [0.15, 0.2) is 54.7 Å². The Labute approximate surface area is 115 Å². The zero-order valence-corrected chi connectivity index (χ0v) is 10.7. The maximum atomic E-state index is 10.8. The smallest absolute Gasteiger partial charge is 0.322 e. The molecular formula is C15H13N3O2. The Morgan fingerprint density at radius 2 is 1.90 bits per heavy atom. The van der Waals surface area contributed by atoms with Crippen molar-refractivity contribution in [2.75, 3.05) is 11.9 Å². The number of imidazole rings is 1. The van der Waals surface area contributed by atoms with Gasteiger partial charge in [-0.2, -0.15) is 0 Å². The monoisotopic (exact) mass is 267 g/mol. The van der Waals surface area contributed by atoms with Gasteiger partial charge in [0.1, 0.15) is 23.7 Å². The van der Waals surface area contributed by atoms with E-state index in [4.69, 9.17) is 5.11 Å². The number of aromatic nitrogens is 2. The van der Waals surface area contributed by atoms with Crippen molar-refractivity contribution in [3.8, 4) is 11.3 Å². The zero-order valence-electron chi connectivity index (χ0n) is 10.7. The Balaban J connectivity index is 2.15. The molecule has 0 bridgehead atoms. The summed E-state index contributed by atoms with van der Waals surface area (Å²) in [4.78, 5) is 15.4. The second-order valence-corrected chi connectivity index (χ2v) is 4.35. The number of nitrogens with zero attached hydrogens (tertiary/aromatic N) is 2. The molecule has 0 atom stereocenters. The predicted molar refractivity (Wildman–Crippen MR) is 76.8 cm³/mol. The molecule has 0 saturated heterocycles. The highest BCUT2D eigenvalue weighted by molar-refractivity contribution is 5.80. The van der Waals surface area contributed by atoms with E-state index in [9.17, 15) is 4.79 Å². The van der Waals surface area contributed by atoms with E-state index in [2.05, 4.69) is 10.3 Å². The molecular weight excluding hydrogens is 254 g/mol. The standard InChI is InChI=1S/C15H13N3O2/c19-13(20)10-16-15-14(11-6-2-1-3-7-11)17-12-8-4-5-9-18(12)15/h1-9,16H,10H2,(H,19,20). The van der Waals surface area contributed by atoms with Crippen LogP contribution in [0.4, 0.5) is 5.82 Å². The Hall–Kier alpha value is -2.82. The Morgan fingerprint density at radius 1 is 1.15 bits per heavy atom. The van der Waals surface area contributed by atoms with Gasteiger partial charge in [-0.05, 0) is 12.1 Å². The molecule has 0 aliphatic carbocycles. The quantitative estimate of drug-likeness (QED) is 0.762. The van der Waals surface area contributed by atoms with E-state index in [1.54, 1.807) is 0 Å². The first-order valence-corrected chi connectivity index (χ1v) is 6.24. The van der Waals surface area contributed by atoms with E-state index < -0.39 is 5.97 Å². The van der Waals surface area contributed by atoms with Gasteiger partial charge in [-0.25, -0.2) is 4.98 Å². The van der Waals surface area contributed by atoms with Gasteiger partial charge >= 0.3 is 5.97 Å². The van der Waals surface area contributed by atoms with Gasteiger partial charge < -0.3 is 10.4 Å². The average Bonchev–Trinajstić information content (AvgIpc) is 2.84. The number of benzene rings is 1. The van der Waals surface area contributed by atoms with Crippen molar-refractivity contribution < 1.29 is 9.90 Å². The highest BCUT2D eigenvalue weighted by atomic mass is 16.4. The number of hydrogen-bond donors (Lipinski definition) is 2. The second kappa shape index (κ2) is 5.05. The molecule has 0 saturated carbocycles. The molecule has 0 radical (unpaired) electrons. The van der Waals surface area contributed by atoms with E-state index in [1.807, 2.05) is 59.1 Å². The first-order chi connectivity index (χ1) is 9.75. The molecule has 2 aromatic heterocycles. The van der Waals surface area contributed by atoms with Crippen molar-refractivity contribution in [2.45, 2.75) is 0 Å². The second-order valence-electron chi connectivity index (χ2n) is 4.35. The number of hydrogen-bond acceptors (Lipinski definition) is 3. The summed E-state index contributed by atoms with van der Waals surface area (Å²) in [6, 6.07) is 15.4. The van der Waals surface area contributed by atoms with Gasteiger partial charge in [0.15, 0.2) is 0 Å². The van der Waals surface area contributed by atoms with E-state index in [0.29, 0.717) is 5.82 Å². The largest absolute Gasteiger partial charge is 0.480 e. The van der Waals surface area contributed by atoms with Crippen LogP contribution in [0.25, 0.3) is 16.9 Å². The number of nitrogens with one attached hydrogen (secondary N) is 1. The first-order valence-electron chi connectivity index (χ1n) is 6.24. The molecule has 1 aromatic carbocycles. The Kier molecular flexibility index (Phi) is 3.09. The van der Waals surface area contributed by atoms with Crippen molar-refractivity contribution >= 4 is 17.4 Å². The summed E-state index contributed by atoms with van der Waals surface area (Å²) in [5, 5.41) is 11.8. The predicted octanol–water partition coefficient (Wildman–Crippen LogP) is 2.50. The van der Waals surface area contributed by atoms with Crippen LogP contribution >= 0.6 is 0 Å². The highest BCUT2D eigenvalue weighted by Gasteiger charge is 2.13. The van der Waals surface area contributed by atoms with Gasteiger partial charge in [-0.3, -0.25) is 9.20 Å². The molecule has 5 heteroatoms. The highest BCUT2D eigenvalue weighted by Crippen LogP contribution is 2.28. The minimum absolute atomic E-state index is 0.150. The SMILES string of the molecule is O=C(O)CNc1c(-c2ccccc2)nc2ccccn12. The third-order valence-electron chi connectivity index (χ3n) is 2.98. The summed E-state index contributed by atoms with van der Waals surface area (Å²) in [6.07, 6.45) is 1.86. The molecule has 3 aromatic rings. The van der Waals surface area contributed by atoms with Gasteiger partial charge in [0, 0.05) is 11.8 Å². The van der Waals surface area contributed by atoms with Crippen molar-refractivity contribution in [2.24, 2.45) is 0 Å². The molecule has 3 rings (SSSR count). The summed E-state index contributed by atoms with van der Waals surface area (Å²) in [6.45, 7) is -0.150.